The van der Waals surface area contributed by atoms with E-state index in [9.17, 15) is 0 Å². The van der Waals surface area contributed by atoms with Crippen LogP contribution in [0, 0.1) is 41.7 Å². The topological polar surface area (TPSA) is 17.1 Å². The SMILES string of the molecule is [Ba+2].[Ce].[H-].[H-].[O]=[Cu]. The summed E-state index contributed by atoms with van der Waals surface area (Å²) in [4.78, 5) is 0. The standard InChI is InChI=1S/Ba.Ce.Cu.O.2H/q+2;;;;2*-1. The van der Waals surface area contributed by atoms with Crippen LogP contribution in [0.2, 0.25) is 0 Å². The third-order valence-electron chi connectivity index (χ3n) is 0. The molecule has 4 heteroatoms. The van der Waals surface area contributed by atoms with Crippen molar-refractivity contribution in [3.05, 3.63) is 0 Å². The van der Waals surface area contributed by atoms with Gasteiger partial charge in [-0.1, -0.05) is 0 Å². The van der Waals surface area contributed by atoms with Gasteiger partial charge in [0.05, 0.1) is 0 Å². The molecule has 0 heterocycles. The van der Waals surface area contributed by atoms with Crippen LogP contribution < -0.4 is 0 Å². The van der Waals surface area contributed by atoms with Gasteiger partial charge in [-0.15, -0.1) is 0 Å². The number of rotatable bonds is 0. The summed E-state index contributed by atoms with van der Waals surface area (Å²) in [6, 6.07) is 0. The van der Waals surface area contributed by atoms with Gasteiger partial charge in [0.25, 0.3) is 0 Å². The summed E-state index contributed by atoms with van der Waals surface area (Å²) in [6.45, 7) is 0. The van der Waals surface area contributed by atoms with Gasteiger partial charge in [0.2, 0.25) is 0 Å². The minimum atomic E-state index is 0. The average molecular weight is 359 g/mol. The van der Waals surface area contributed by atoms with E-state index in [-0.39, 0.29) is 93.5 Å². The van der Waals surface area contributed by atoms with Gasteiger partial charge in [0, 0.05) is 41.7 Å². The van der Waals surface area contributed by atoms with E-state index in [0.29, 0.717) is 0 Å². The molecule has 0 saturated carbocycles. The molecule has 0 radical (unpaired) electrons. The van der Waals surface area contributed by atoms with Crippen molar-refractivity contribution in [2.75, 3.05) is 0 Å². The van der Waals surface area contributed by atoms with E-state index in [0.717, 1.165) is 0 Å². The molecule has 0 aromatic rings. The molecule has 25 valence electrons. The predicted molar refractivity (Wildman–Crippen MR) is 8.66 cm³/mol. The monoisotopic (exact) mass is 359 g/mol. The van der Waals surface area contributed by atoms with Crippen LogP contribution in [-0.4, -0.2) is 48.9 Å². The molecular formula is H2BaCeCuO. The summed E-state index contributed by atoms with van der Waals surface area (Å²) in [7, 11) is 0. The molecular weight excluding hydrogens is 357 g/mol. The van der Waals surface area contributed by atoms with Crippen molar-refractivity contribution in [1.29, 1.82) is 0 Å². The second-order valence-electron chi connectivity index (χ2n) is 0. The first kappa shape index (κ1) is 15.7. The van der Waals surface area contributed by atoms with Gasteiger partial charge in [0.1, 0.15) is 0 Å². The van der Waals surface area contributed by atoms with Crippen molar-refractivity contribution in [3.63, 3.8) is 0 Å². The van der Waals surface area contributed by atoms with Gasteiger partial charge < -0.3 is 2.85 Å². The van der Waals surface area contributed by atoms with Gasteiger partial charge in [0.15, 0.2) is 0 Å². The molecule has 0 aliphatic heterocycles. The molecule has 0 aliphatic carbocycles. The third-order valence-corrected chi connectivity index (χ3v) is 0. The van der Waals surface area contributed by atoms with Crippen molar-refractivity contribution in [2.24, 2.45) is 0 Å². The molecule has 0 N–H and O–H groups in total. The predicted octanol–water partition coefficient (Wildman–Crippen LogP) is -0.277. The fourth-order valence-electron chi connectivity index (χ4n) is 0. The summed E-state index contributed by atoms with van der Waals surface area (Å²) >= 11 is 2.94. The summed E-state index contributed by atoms with van der Waals surface area (Å²) < 4.78 is 7.81. The van der Waals surface area contributed by atoms with Gasteiger partial charge in [-0.25, -0.2) is 0 Å². The zero-order valence-corrected chi connectivity index (χ0v) is 10.4. The summed E-state index contributed by atoms with van der Waals surface area (Å²) in [5.74, 6) is 0. The zero-order valence-electron chi connectivity index (χ0n) is 3.92. The molecule has 0 rings (SSSR count). The van der Waals surface area contributed by atoms with Crippen LogP contribution in [0.15, 0.2) is 0 Å². The van der Waals surface area contributed by atoms with Crippen LogP contribution >= 0.6 is 0 Å². The summed E-state index contributed by atoms with van der Waals surface area (Å²) in [5, 5.41) is 0. The first-order valence-corrected chi connectivity index (χ1v) is 0.508. The van der Waals surface area contributed by atoms with Crippen LogP contribution in [0.25, 0.3) is 0 Å². The maximum absolute atomic E-state index is 7.81. The van der Waals surface area contributed by atoms with E-state index < -0.39 is 0 Å². The Morgan fingerprint density at radius 2 is 1.50 bits per heavy atom. The molecule has 0 aromatic heterocycles. The van der Waals surface area contributed by atoms with Crippen LogP contribution in [0.5, 0.6) is 0 Å². The summed E-state index contributed by atoms with van der Waals surface area (Å²) in [5.41, 5.74) is 0. The second-order valence-corrected chi connectivity index (χ2v) is 0. The minimum absolute atomic E-state index is 0. The van der Waals surface area contributed by atoms with Crippen LogP contribution in [0.4, 0.5) is 0 Å². The van der Waals surface area contributed by atoms with E-state index in [2.05, 4.69) is 15.9 Å². The fraction of sp³-hybridized carbons (Fsp3) is 0. The Morgan fingerprint density at radius 1 is 1.50 bits per heavy atom. The Morgan fingerprint density at radius 3 is 1.50 bits per heavy atom. The molecule has 0 bridgehead atoms. The quantitative estimate of drug-likeness (QED) is 0.544. The van der Waals surface area contributed by atoms with Crippen molar-refractivity contribution >= 4 is 48.9 Å². The molecule has 0 fully saturated rings. The van der Waals surface area contributed by atoms with E-state index in [1.165, 1.54) is 0 Å². The Kier molecular flexibility index (Phi) is 63.8. The molecule has 1 nitrogen and oxygen atoms in total. The Hall–Kier alpha value is 3.27. The van der Waals surface area contributed by atoms with Crippen molar-refractivity contribution in [3.8, 4) is 0 Å². The Labute approximate surface area is 110 Å². The van der Waals surface area contributed by atoms with Crippen LogP contribution in [-0.2, 0) is 19.8 Å². The van der Waals surface area contributed by atoms with Crippen LogP contribution in [0.3, 0.4) is 0 Å². The number of hydrogen-bond donors (Lipinski definition) is 0. The van der Waals surface area contributed by atoms with Crippen molar-refractivity contribution < 1.29 is 64.4 Å². The first-order chi connectivity index (χ1) is 1.00. The van der Waals surface area contributed by atoms with Gasteiger partial charge in [-0.05, 0) is 0 Å². The van der Waals surface area contributed by atoms with E-state index >= 15 is 0 Å². The molecule has 0 spiro atoms. The molecule has 0 aliphatic rings. The zero-order chi connectivity index (χ0) is 2.00. The van der Waals surface area contributed by atoms with E-state index in [1.807, 2.05) is 0 Å². The second kappa shape index (κ2) is 16.3. The number of hydrogen-bond acceptors (Lipinski definition) is 1. The molecule has 0 unspecified atom stereocenters. The molecule has 0 aromatic carbocycles. The van der Waals surface area contributed by atoms with E-state index in [1.54, 1.807) is 0 Å². The molecule has 4 heavy (non-hydrogen) atoms. The fourth-order valence-corrected chi connectivity index (χ4v) is 0. The maximum atomic E-state index is 7.81. The van der Waals surface area contributed by atoms with Gasteiger partial charge in [-0.2, -0.15) is 0 Å². The molecule has 0 saturated heterocycles. The van der Waals surface area contributed by atoms with Crippen molar-refractivity contribution in [2.45, 2.75) is 0 Å². The van der Waals surface area contributed by atoms with Crippen molar-refractivity contribution in [1.82, 2.24) is 0 Å². The van der Waals surface area contributed by atoms with Gasteiger partial charge in [-0.3, -0.25) is 0 Å². The molecule has 0 amide bonds. The normalized spacial score (nSPS) is 1.50. The van der Waals surface area contributed by atoms with Gasteiger partial charge >= 0.3 is 68.7 Å². The average Bonchev–Trinajstić information content (AvgIpc) is 1.00. The van der Waals surface area contributed by atoms with E-state index in [4.69, 9.17) is 3.83 Å². The Balaban J connectivity index is -0.000000000833. The van der Waals surface area contributed by atoms with Crippen LogP contribution in [0.1, 0.15) is 2.85 Å². The summed E-state index contributed by atoms with van der Waals surface area (Å²) in [6.07, 6.45) is 0. The Bertz CT molecular complexity index is 13.5. The third kappa shape index (κ3) is 8.99. The molecule has 0 atom stereocenters. The first-order valence-electron chi connectivity index (χ1n) is 0.123.